The number of rotatable bonds is 14. The molecular weight excluding hydrogens is 861 g/mol. The third kappa shape index (κ3) is 10.6. The number of halogens is 5. The molecule has 0 aromatic heterocycles. The molecule has 2 aliphatic rings. The molecule has 64 heavy (non-hydrogen) atoms. The van der Waals surface area contributed by atoms with Gasteiger partial charge in [0.2, 0.25) is 47.2 Å². The van der Waals surface area contributed by atoms with Crippen LogP contribution >= 0.6 is 0 Å². The second kappa shape index (κ2) is 20.0. The summed E-state index contributed by atoms with van der Waals surface area (Å²) >= 11 is 0. The molecule has 15 nitrogen and oxygen atoms in total. The minimum atomic E-state index is -2.49. The number of amides is 1. The van der Waals surface area contributed by atoms with Crippen LogP contribution in [-0.2, 0) is 58.8 Å². The molecule has 1 heterocycles. The van der Waals surface area contributed by atoms with Crippen LogP contribution in [0.4, 0.5) is 26.7 Å². The van der Waals surface area contributed by atoms with E-state index < -0.39 is 126 Å². The van der Waals surface area contributed by atoms with Gasteiger partial charge in [-0.1, -0.05) is 60.7 Å². The van der Waals surface area contributed by atoms with Gasteiger partial charge < -0.3 is 43.2 Å². The predicted octanol–water partition coefficient (Wildman–Crippen LogP) is 5.90. The van der Waals surface area contributed by atoms with Crippen LogP contribution in [0.3, 0.4) is 0 Å². The van der Waals surface area contributed by atoms with Crippen LogP contribution < -0.4 is 14.8 Å². The van der Waals surface area contributed by atoms with Crippen molar-refractivity contribution in [2.24, 2.45) is 0 Å². The molecule has 1 amide bonds. The first-order valence-corrected chi connectivity index (χ1v) is 19.3. The van der Waals surface area contributed by atoms with Crippen molar-refractivity contribution in [2.45, 2.75) is 76.8 Å². The SMILES string of the molecule is CC(=O)OC[C@H]1O[C@@H](Oc2ccc(C[C@H](NC(=O)OCC3c4ccccc4-c4ccccc43)C(=O)Oc3c(F)c(F)c(F)c(F)c3F)cc2)[C@H](OC(C)=O)[C@@H](OC(C)=O)[C@@H]1OC(C)=O. The molecule has 20 heteroatoms. The summed E-state index contributed by atoms with van der Waals surface area (Å²) in [5.41, 5.74) is 3.72. The van der Waals surface area contributed by atoms with E-state index in [4.69, 9.17) is 37.9 Å². The average Bonchev–Trinajstić information content (AvgIpc) is 3.57. The van der Waals surface area contributed by atoms with E-state index in [1.54, 1.807) is 0 Å². The zero-order valence-electron chi connectivity index (χ0n) is 34.2. The van der Waals surface area contributed by atoms with E-state index in [-0.39, 0.29) is 17.9 Å². The van der Waals surface area contributed by atoms with E-state index >= 15 is 0 Å². The van der Waals surface area contributed by atoms with Crippen molar-refractivity contribution in [2.75, 3.05) is 13.2 Å². The van der Waals surface area contributed by atoms with Crippen LogP contribution in [0.25, 0.3) is 11.1 Å². The summed E-state index contributed by atoms with van der Waals surface area (Å²) < 4.78 is 114. The Morgan fingerprint density at radius 1 is 0.609 bits per heavy atom. The molecule has 6 atom stereocenters. The van der Waals surface area contributed by atoms with E-state index in [1.165, 1.54) is 24.3 Å². The predicted molar refractivity (Wildman–Crippen MR) is 207 cm³/mol. The molecule has 0 unspecified atom stereocenters. The van der Waals surface area contributed by atoms with Gasteiger partial charge in [-0.2, -0.15) is 8.78 Å². The summed E-state index contributed by atoms with van der Waals surface area (Å²) in [4.78, 5) is 75.0. The lowest BCUT2D eigenvalue weighted by molar-refractivity contribution is -0.288. The van der Waals surface area contributed by atoms with Gasteiger partial charge in [-0.05, 0) is 39.9 Å². The summed E-state index contributed by atoms with van der Waals surface area (Å²) in [5.74, 6) is -19.5. The van der Waals surface area contributed by atoms with Gasteiger partial charge in [-0.25, -0.2) is 22.8 Å². The number of esters is 5. The third-order valence-corrected chi connectivity index (χ3v) is 9.86. The molecule has 1 saturated heterocycles. The second-order valence-corrected chi connectivity index (χ2v) is 14.4. The molecule has 6 rings (SSSR count). The first-order valence-electron chi connectivity index (χ1n) is 19.3. The second-order valence-electron chi connectivity index (χ2n) is 14.4. The summed E-state index contributed by atoms with van der Waals surface area (Å²) in [7, 11) is 0. The minimum absolute atomic E-state index is 0.0327. The van der Waals surface area contributed by atoms with Crippen LogP contribution in [0, 0.1) is 29.1 Å². The summed E-state index contributed by atoms with van der Waals surface area (Å²) in [6.45, 7) is 3.46. The monoisotopic (exact) mass is 899 g/mol. The van der Waals surface area contributed by atoms with Gasteiger partial charge >= 0.3 is 35.9 Å². The van der Waals surface area contributed by atoms with Crippen molar-refractivity contribution in [3.05, 3.63) is 119 Å². The van der Waals surface area contributed by atoms with E-state index in [1.807, 2.05) is 48.5 Å². The van der Waals surface area contributed by atoms with E-state index in [9.17, 15) is 50.7 Å². The maximum absolute atomic E-state index is 14.6. The average molecular weight is 900 g/mol. The smallest absolute Gasteiger partial charge is 0.407 e. The third-order valence-electron chi connectivity index (χ3n) is 9.86. The zero-order valence-corrected chi connectivity index (χ0v) is 34.2. The number of hydrogen-bond donors (Lipinski definition) is 1. The normalized spacial score (nSPS) is 19.2. The van der Waals surface area contributed by atoms with Gasteiger partial charge in [0.05, 0.1) is 0 Å². The fourth-order valence-electron chi connectivity index (χ4n) is 7.18. The molecule has 338 valence electrons. The van der Waals surface area contributed by atoms with Gasteiger partial charge in [0, 0.05) is 40.0 Å². The Morgan fingerprint density at radius 2 is 1.12 bits per heavy atom. The van der Waals surface area contributed by atoms with Crippen molar-refractivity contribution in [1.82, 2.24) is 5.32 Å². The van der Waals surface area contributed by atoms with Crippen LogP contribution in [-0.4, -0.2) is 85.9 Å². The number of hydrogen-bond acceptors (Lipinski definition) is 14. The van der Waals surface area contributed by atoms with Crippen molar-refractivity contribution in [1.29, 1.82) is 0 Å². The largest absolute Gasteiger partial charge is 0.463 e. The van der Waals surface area contributed by atoms with E-state index in [0.717, 1.165) is 49.9 Å². The quantitative estimate of drug-likeness (QED) is 0.0394. The zero-order chi connectivity index (χ0) is 46.4. The van der Waals surface area contributed by atoms with Crippen LogP contribution in [0.1, 0.15) is 50.3 Å². The molecule has 0 spiro atoms. The summed E-state index contributed by atoms with van der Waals surface area (Å²) in [6, 6.07) is 18.2. The van der Waals surface area contributed by atoms with Crippen molar-refractivity contribution in [3.63, 3.8) is 0 Å². The summed E-state index contributed by atoms with van der Waals surface area (Å²) in [6.07, 6.45) is -9.27. The highest BCUT2D eigenvalue weighted by molar-refractivity contribution is 5.84. The van der Waals surface area contributed by atoms with Crippen LogP contribution in [0.15, 0.2) is 72.8 Å². The van der Waals surface area contributed by atoms with Crippen LogP contribution in [0.2, 0.25) is 0 Å². The Balaban J connectivity index is 1.24. The Hall–Kier alpha value is -7.09. The highest BCUT2D eigenvalue weighted by Gasteiger charge is 2.53. The highest BCUT2D eigenvalue weighted by Crippen LogP contribution is 2.44. The Bertz CT molecular complexity index is 2380. The summed E-state index contributed by atoms with van der Waals surface area (Å²) in [5, 5.41) is 2.25. The molecule has 0 saturated carbocycles. The minimum Gasteiger partial charge on any atom is -0.463 e. The molecule has 1 N–H and O–H groups in total. The molecule has 0 bridgehead atoms. The van der Waals surface area contributed by atoms with Crippen LogP contribution in [0.5, 0.6) is 11.5 Å². The lowest BCUT2D eigenvalue weighted by atomic mass is 9.98. The fourth-order valence-corrected chi connectivity index (χ4v) is 7.18. The molecule has 1 fully saturated rings. The van der Waals surface area contributed by atoms with Gasteiger partial charge in [-0.15, -0.1) is 0 Å². The molecular formula is C44H38F5NO14. The molecule has 4 aromatic rings. The number of carbonyl (C=O) groups excluding carboxylic acids is 6. The Morgan fingerprint density at radius 3 is 1.67 bits per heavy atom. The number of carbonyl (C=O) groups is 6. The lowest BCUT2D eigenvalue weighted by Gasteiger charge is -2.43. The Labute approximate surface area is 360 Å². The number of fused-ring (bicyclic) bond motifs is 3. The molecule has 4 aromatic carbocycles. The van der Waals surface area contributed by atoms with Gasteiger partial charge in [0.25, 0.3) is 0 Å². The van der Waals surface area contributed by atoms with E-state index in [0.29, 0.717) is 0 Å². The first kappa shape index (κ1) is 46.4. The molecule has 1 aliphatic carbocycles. The lowest BCUT2D eigenvalue weighted by Crippen LogP contribution is -2.63. The van der Waals surface area contributed by atoms with Crippen molar-refractivity contribution in [3.8, 4) is 22.6 Å². The molecule has 0 radical (unpaired) electrons. The standard InChI is InChI=1S/C44H38F5NO14/c1-20(51)57-19-32-38(59-21(2)52)40(60-22(3)53)41(61-23(4)54)43(63-32)62-25-15-13-24(14-16-25)17-31(42(55)64-39-36(48)34(46)33(45)35(47)37(39)49)50-44(56)58-18-30-28-11-7-5-9-26(28)27-10-6-8-12-29(27)30/h5-16,30-32,38,40-41,43H,17-19H2,1-4H3,(H,50,56)/t31-,32+,38+,40-,41+,43+/m0/s1. The van der Waals surface area contributed by atoms with Gasteiger partial charge in [0.15, 0.2) is 12.2 Å². The van der Waals surface area contributed by atoms with Gasteiger partial charge in [0.1, 0.15) is 31.1 Å². The molecule has 1 aliphatic heterocycles. The van der Waals surface area contributed by atoms with Crippen molar-refractivity contribution >= 4 is 35.9 Å². The number of ether oxygens (including phenoxy) is 8. The van der Waals surface area contributed by atoms with E-state index in [2.05, 4.69) is 5.32 Å². The Kier molecular flexibility index (Phi) is 14.5. The highest BCUT2D eigenvalue weighted by atomic mass is 19.2. The number of nitrogens with one attached hydrogen (secondary N) is 1. The maximum atomic E-state index is 14.6. The van der Waals surface area contributed by atoms with Gasteiger partial charge in [-0.3, -0.25) is 19.2 Å². The van der Waals surface area contributed by atoms with Crippen molar-refractivity contribution < 1.29 is 88.6 Å². The number of benzene rings is 4. The first-order chi connectivity index (χ1) is 30.4. The fraction of sp³-hybridized carbons (Fsp3) is 0.318. The maximum Gasteiger partial charge on any atom is 0.407 e. The number of alkyl carbamates (subject to hydrolysis) is 1. The topological polar surface area (TPSA) is 188 Å².